The quantitative estimate of drug-likeness (QED) is 0.863. The lowest BCUT2D eigenvalue weighted by Crippen LogP contribution is -2.39. The molecule has 1 aromatic heterocycles. The highest BCUT2D eigenvalue weighted by Gasteiger charge is 2.29. The molecule has 2 rings (SSSR count). The monoisotopic (exact) mass is 313 g/mol. The Hall–Kier alpha value is -1.18. The third-order valence-electron chi connectivity index (χ3n) is 3.70. The highest BCUT2D eigenvalue weighted by Crippen LogP contribution is 2.24. The van der Waals surface area contributed by atoms with Crippen molar-refractivity contribution in [2.24, 2.45) is 5.92 Å². The van der Waals surface area contributed by atoms with Crippen LogP contribution in [0.1, 0.15) is 19.8 Å². The van der Waals surface area contributed by atoms with Gasteiger partial charge >= 0.3 is 0 Å². The van der Waals surface area contributed by atoms with Crippen molar-refractivity contribution in [1.82, 2.24) is 9.29 Å². The molecule has 0 radical (unpaired) electrons. The second kappa shape index (κ2) is 7.20. The lowest BCUT2D eigenvalue weighted by Gasteiger charge is -2.30. The van der Waals surface area contributed by atoms with E-state index in [1.54, 1.807) is 23.5 Å². The van der Waals surface area contributed by atoms with Crippen molar-refractivity contribution in [1.29, 1.82) is 0 Å². The van der Waals surface area contributed by atoms with Crippen LogP contribution in [0.25, 0.3) is 0 Å². The van der Waals surface area contributed by atoms with Gasteiger partial charge in [0.05, 0.1) is 4.90 Å². The Morgan fingerprint density at radius 3 is 2.76 bits per heavy atom. The number of anilines is 1. The first-order valence-electron chi connectivity index (χ1n) is 7.27. The number of piperidine rings is 1. The van der Waals surface area contributed by atoms with Gasteiger partial charge in [-0.3, -0.25) is 0 Å². The maximum atomic E-state index is 12.6. The summed E-state index contributed by atoms with van der Waals surface area (Å²) in [5, 5.41) is 3.04. The predicted octanol–water partition coefficient (Wildman–Crippen LogP) is 1.56. The molecule has 6 nitrogen and oxygen atoms in total. The molecular formula is C14H23N3O3S. The summed E-state index contributed by atoms with van der Waals surface area (Å²) in [6.07, 6.45) is 3.22. The minimum absolute atomic E-state index is 0.304. The number of rotatable bonds is 6. The van der Waals surface area contributed by atoms with Crippen molar-refractivity contribution in [3.8, 4) is 0 Å². The van der Waals surface area contributed by atoms with Crippen molar-refractivity contribution < 1.29 is 13.2 Å². The van der Waals surface area contributed by atoms with Crippen LogP contribution in [-0.2, 0) is 14.8 Å². The first-order valence-corrected chi connectivity index (χ1v) is 8.71. The van der Waals surface area contributed by atoms with Gasteiger partial charge in [0.1, 0.15) is 5.82 Å². The lowest BCUT2D eigenvalue weighted by molar-refractivity contribution is 0.121. The molecule has 1 aromatic rings. The summed E-state index contributed by atoms with van der Waals surface area (Å²) >= 11 is 0. The number of sulfonamides is 1. The van der Waals surface area contributed by atoms with Crippen molar-refractivity contribution >= 4 is 15.8 Å². The van der Waals surface area contributed by atoms with Crippen LogP contribution in [0.5, 0.6) is 0 Å². The van der Waals surface area contributed by atoms with Gasteiger partial charge in [0.25, 0.3) is 0 Å². The number of methoxy groups -OCH3 is 1. The second-order valence-electron chi connectivity index (χ2n) is 5.21. The highest BCUT2D eigenvalue weighted by atomic mass is 32.2. The second-order valence-corrected chi connectivity index (χ2v) is 7.15. The Balaban J connectivity index is 2.10. The molecule has 0 aromatic carbocycles. The largest absolute Gasteiger partial charge is 0.384 e. The van der Waals surface area contributed by atoms with Gasteiger partial charge in [-0.1, -0.05) is 0 Å². The summed E-state index contributed by atoms with van der Waals surface area (Å²) in [7, 11) is -1.75. The summed E-state index contributed by atoms with van der Waals surface area (Å²) in [5.74, 6) is 1.05. The number of hydrogen-bond acceptors (Lipinski definition) is 5. The molecule has 1 N–H and O–H groups in total. The minimum Gasteiger partial charge on any atom is -0.384 e. The Morgan fingerprint density at radius 2 is 2.14 bits per heavy atom. The molecule has 0 bridgehead atoms. The van der Waals surface area contributed by atoms with Crippen molar-refractivity contribution in [3.63, 3.8) is 0 Å². The molecule has 0 atom stereocenters. The Morgan fingerprint density at radius 1 is 1.43 bits per heavy atom. The molecule has 21 heavy (non-hydrogen) atoms. The number of aromatic nitrogens is 1. The maximum Gasteiger partial charge on any atom is 0.243 e. The molecule has 0 unspecified atom stereocenters. The molecule has 1 aliphatic heterocycles. The summed E-state index contributed by atoms with van der Waals surface area (Å²) in [4.78, 5) is 4.42. The van der Waals surface area contributed by atoms with E-state index in [1.807, 2.05) is 6.92 Å². The fourth-order valence-electron chi connectivity index (χ4n) is 2.55. The van der Waals surface area contributed by atoms with Crippen LogP contribution in [-0.4, -0.2) is 51.1 Å². The van der Waals surface area contributed by atoms with Crippen LogP contribution in [0.15, 0.2) is 23.2 Å². The fourth-order valence-corrected chi connectivity index (χ4v) is 4.03. The molecule has 0 spiro atoms. The average Bonchev–Trinajstić information content (AvgIpc) is 2.49. The van der Waals surface area contributed by atoms with E-state index in [1.165, 1.54) is 6.20 Å². The van der Waals surface area contributed by atoms with Gasteiger partial charge in [0.2, 0.25) is 10.0 Å². The molecule has 1 fully saturated rings. The minimum atomic E-state index is -3.43. The summed E-state index contributed by atoms with van der Waals surface area (Å²) in [6.45, 7) is 4.46. The topological polar surface area (TPSA) is 71.5 Å². The zero-order chi connectivity index (χ0) is 15.3. The molecule has 0 aliphatic carbocycles. The molecule has 1 aliphatic rings. The number of hydrogen-bond donors (Lipinski definition) is 1. The Kier molecular flexibility index (Phi) is 5.55. The van der Waals surface area contributed by atoms with E-state index in [2.05, 4.69) is 10.3 Å². The van der Waals surface area contributed by atoms with Gasteiger partial charge in [-0.05, 0) is 31.7 Å². The van der Waals surface area contributed by atoms with E-state index in [0.29, 0.717) is 42.9 Å². The van der Waals surface area contributed by atoms with Gasteiger partial charge in [-0.15, -0.1) is 0 Å². The predicted molar refractivity (Wildman–Crippen MR) is 81.8 cm³/mol. The van der Waals surface area contributed by atoms with Crippen LogP contribution in [0.2, 0.25) is 0 Å². The fraction of sp³-hybridized carbons (Fsp3) is 0.643. The smallest absolute Gasteiger partial charge is 0.243 e. The van der Waals surface area contributed by atoms with Gasteiger partial charge in [0, 0.05) is 45.6 Å². The van der Waals surface area contributed by atoms with Crippen LogP contribution in [0.3, 0.4) is 0 Å². The number of ether oxygens (including phenoxy) is 1. The van der Waals surface area contributed by atoms with Crippen LogP contribution in [0.4, 0.5) is 5.82 Å². The van der Waals surface area contributed by atoms with Gasteiger partial charge < -0.3 is 10.1 Å². The van der Waals surface area contributed by atoms with Gasteiger partial charge in [-0.25, -0.2) is 13.4 Å². The van der Waals surface area contributed by atoms with Crippen molar-refractivity contribution in [3.05, 3.63) is 18.3 Å². The molecule has 0 saturated carbocycles. The van der Waals surface area contributed by atoms with E-state index in [9.17, 15) is 8.42 Å². The zero-order valence-corrected chi connectivity index (χ0v) is 13.4. The maximum absolute atomic E-state index is 12.6. The van der Waals surface area contributed by atoms with Crippen LogP contribution >= 0.6 is 0 Å². The number of nitrogens with one attached hydrogen (secondary N) is 1. The summed E-state index contributed by atoms with van der Waals surface area (Å²) in [6, 6.07) is 3.15. The molecule has 0 amide bonds. The van der Waals surface area contributed by atoms with E-state index in [0.717, 1.165) is 12.8 Å². The average molecular weight is 313 g/mol. The molecule has 118 valence electrons. The zero-order valence-electron chi connectivity index (χ0n) is 12.6. The number of nitrogens with zero attached hydrogens (tertiary/aromatic N) is 2. The molecular weight excluding hydrogens is 290 g/mol. The van der Waals surface area contributed by atoms with Crippen LogP contribution in [0, 0.1) is 5.92 Å². The lowest BCUT2D eigenvalue weighted by atomic mass is 9.99. The first-order chi connectivity index (χ1) is 10.1. The Bertz CT molecular complexity index is 554. The summed E-state index contributed by atoms with van der Waals surface area (Å²) < 4.78 is 32.0. The summed E-state index contributed by atoms with van der Waals surface area (Å²) in [5.41, 5.74) is 0. The third-order valence-corrected chi connectivity index (χ3v) is 5.60. The number of pyridine rings is 1. The van der Waals surface area contributed by atoms with Crippen molar-refractivity contribution in [2.45, 2.75) is 24.7 Å². The van der Waals surface area contributed by atoms with Crippen molar-refractivity contribution in [2.75, 3.05) is 38.7 Å². The van der Waals surface area contributed by atoms with E-state index < -0.39 is 10.0 Å². The third kappa shape index (κ3) is 3.93. The molecule has 7 heteroatoms. The van der Waals surface area contributed by atoms with Gasteiger partial charge in [-0.2, -0.15) is 4.31 Å². The normalized spacial score (nSPS) is 17.8. The molecule has 2 heterocycles. The molecule has 1 saturated heterocycles. The van der Waals surface area contributed by atoms with E-state index in [4.69, 9.17) is 4.74 Å². The van der Waals surface area contributed by atoms with E-state index >= 15 is 0 Å². The van der Waals surface area contributed by atoms with E-state index in [-0.39, 0.29) is 0 Å². The standard InChI is InChI=1S/C14H23N3O3S/c1-3-15-14-10-13(4-7-16-14)21(18,19)17-8-5-12(6-9-17)11-20-2/h4,7,10,12H,3,5-6,8-9,11H2,1-2H3,(H,15,16). The van der Waals surface area contributed by atoms with Gasteiger partial charge in [0.15, 0.2) is 0 Å². The van der Waals surface area contributed by atoms with Crippen LogP contribution < -0.4 is 5.32 Å². The SMILES string of the molecule is CCNc1cc(S(=O)(=O)N2CCC(COC)CC2)ccn1. The highest BCUT2D eigenvalue weighted by molar-refractivity contribution is 7.89. The Labute approximate surface area is 126 Å². The first kappa shape index (κ1) is 16.2.